The van der Waals surface area contributed by atoms with Gasteiger partial charge in [-0.1, -0.05) is 18.9 Å². The summed E-state index contributed by atoms with van der Waals surface area (Å²) < 4.78 is 0. The van der Waals surface area contributed by atoms with Crippen LogP contribution in [-0.2, 0) is 14.4 Å². The van der Waals surface area contributed by atoms with Crippen LogP contribution in [0.15, 0.2) is 17.5 Å². The van der Waals surface area contributed by atoms with Crippen molar-refractivity contribution in [3.8, 4) is 0 Å². The fourth-order valence-electron chi connectivity index (χ4n) is 2.34. The van der Waals surface area contributed by atoms with Gasteiger partial charge >= 0.3 is 0 Å². The normalized spacial score (nSPS) is 16.9. The van der Waals surface area contributed by atoms with Gasteiger partial charge in [-0.05, 0) is 24.3 Å². The molecule has 0 aromatic carbocycles. The topological polar surface area (TPSA) is 67.4 Å². The van der Waals surface area contributed by atoms with Crippen molar-refractivity contribution >= 4 is 23.2 Å². The van der Waals surface area contributed by atoms with Crippen molar-refractivity contribution in [1.29, 1.82) is 0 Å². The maximum Gasteiger partial charge on any atom is 0.245 e. The average molecular weight is 296 g/mol. The molecule has 1 fully saturated rings. The zero-order chi connectivity index (χ0) is 14.4. The zero-order valence-electron chi connectivity index (χ0n) is 11.6. The van der Waals surface area contributed by atoms with Crippen LogP contribution in [0.1, 0.15) is 49.9 Å². The predicted molar refractivity (Wildman–Crippen MR) is 77.0 cm³/mol. The minimum atomic E-state index is -0.292. The molecule has 1 aromatic heterocycles. The van der Waals surface area contributed by atoms with Crippen LogP contribution in [0.25, 0.3) is 0 Å². The fraction of sp³-hybridized carbons (Fsp3) is 0.571. The number of hydrogen-bond donors (Lipinski definition) is 2. The molecular weight excluding hydrogens is 276 g/mol. The summed E-state index contributed by atoms with van der Waals surface area (Å²) in [6.45, 7) is 1.45. The zero-order valence-corrected chi connectivity index (χ0v) is 12.4. The number of nitrogens with one attached hydrogen (secondary N) is 2. The quantitative estimate of drug-likeness (QED) is 0.792. The second-order valence-corrected chi connectivity index (χ2v) is 6.00. The Hall–Kier alpha value is -1.40. The third-order valence-corrected chi connectivity index (χ3v) is 4.28. The number of carbonyl (C=O) groups excluding carboxylic acids is 2. The monoisotopic (exact) mass is 296 g/mol. The smallest absolute Gasteiger partial charge is 0.245 e. The molecular formula is C14H20N2O3S. The van der Waals surface area contributed by atoms with Crippen LogP contribution in [0.2, 0.25) is 0 Å². The van der Waals surface area contributed by atoms with E-state index in [0.717, 1.165) is 30.6 Å². The Bertz CT molecular complexity index is 441. The van der Waals surface area contributed by atoms with Crippen molar-refractivity contribution in [3.05, 3.63) is 22.4 Å². The highest BCUT2D eigenvalue weighted by atomic mass is 32.1. The molecule has 1 aliphatic carbocycles. The molecule has 2 N–H and O–H groups in total. The summed E-state index contributed by atoms with van der Waals surface area (Å²) in [5, 5.41) is 4.72. The molecule has 0 radical (unpaired) electrons. The van der Waals surface area contributed by atoms with Gasteiger partial charge in [-0.25, -0.2) is 5.48 Å². The minimum absolute atomic E-state index is 0.139. The van der Waals surface area contributed by atoms with Crippen LogP contribution < -0.4 is 10.8 Å². The van der Waals surface area contributed by atoms with E-state index in [0.29, 0.717) is 0 Å². The molecule has 2 rings (SSSR count). The highest BCUT2D eigenvalue weighted by Gasteiger charge is 2.20. The van der Waals surface area contributed by atoms with E-state index < -0.39 is 0 Å². The van der Waals surface area contributed by atoms with Gasteiger partial charge in [-0.2, -0.15) is 0 Å². The second-order valence-electron chi connectivity index (χ2n) is 5.02. The molecule has 1 heterocycles. The molecule has 0 bridgehead atoms. The number of hydroxylamine groups is 1. The standard InChI is InChI=1S/C14H20N2O3S/c1-10(17)15-12(13-7-4-8-20-13)9-14(18)16-19-11-5-2-3-6-11/h4,7-8,11-12H,2-3,5-6,9H2,1H3,(H,15,17)(H,16,18). The molecule has 1 aromatic rings. The van der Waals surface area contributed by atoms with Crippen molar-refractivity contribution in [2.75, 3.05) is 0 Å². The van der Waals surface area contributed by atoms with E-state index in [1.165, 1.54) is 18.3 Å². The average Bonchev–Trinajstić information content (AvgIpc) is 3.08. The van der Waals surface area contributed by atoms with Crippen molar-refractivity contribution in [2.24, 2.45) is 0 Å². The molecule has 0 aliphatic heterocycles. The van der Waals surface area contributed by atoms with Gasteiger partial charge < -0.3 is 5.32 Å². The van der Waals surface area contributed by atoms with Crippen molar-refractivity contribution in [2.45, 2.75) is 51.2 Å². The van der Waals surface area contributed by atoms with Crippen LogP contribution in [0.3, 0.4) is 0 Å². The van der Waals surface area contributed by atoms with Crippen molar-refractivity contribution in [1.82, 2.24) is 10.8 Å². The van der Waals surface area contributed by atoms with Crippen LogP contribution in [0.4, 0.5) is 0 Å². The van der Waals surface area contributed by atoms with Gasteiger partial charge in [0.1, 0.15) is 0 Å². The van der Waals surface area contributed by atoms with E-state index in [-0.39, 0.29) is 30.4 Å². The third kappa shape index (κ3) is 4.61. The third-order valence-electron chi connectivity index (χ3n) is 3.30. The van der Waals surface area contributed by atoms with Gasteiger partial charge in [0.25, 0.3) is 0 Å². The molecule has 0 spiro atoms. The van der Waals surface area contributed by atoms with Gasteiger partial charge in [-0.15, -0.1) is 11.3 Å². The highest BCUT2D eigenvalue weighted by molar-refractivity contribution is 7.10. The Morgan fingerprint density at radius 1 is 1.45 bits per heavy atom. The fourth-order valence-corrected chi connectivity index (χ4v) is 3.12. The summed E-state index contributed by atoms with van der Waals surface area (Å²) in [5.41, 5.74) is 2.50. The first-order chi connectivity index (χ1) is 9.65. The Morgan fingerprint density at radius 2 is 2.20 bits per heavy atom. The van der Waals surface area contributed by atoms with Gasteiger partial charge in [0.2, 0.25) is 11.8 Å². The number of rotatable bonds is 6. The van der Waals surface area contributed by atoms with E-state index in [9.17, 15) is 9.59 Å². The van der Waals surface area contributed by atoms with Crippen LogP contribution in [0, 0.1) is 0 Å². The van der Waals surface area contributed by atoms with Crippen molar-refractivity contribution < 1.29 is 14.4 Å². The first-order valence-corrected chi connectivity index (χ1v) is 7.78. The number of carbonyl (C=O) groups is 2. The maximum absolute atomic E-state index is 11.9. The van der Waals surface area contributed by atoms with Crippen molar-refractivity contribution in [3.63, 3.8) is 0 Å². The number of amides is 2. The van der Waals surface area contributed by atoms with Gasteiger partial charge in [0.15, 0.2) is 0 Å². The van der Waals surface area contributed by atoms with Gasteiger partial charge in [0.05, 0.1) is 18.6 Å². The molecule has 20 heavy (non-hydrogen) atoms. The van der Waals surface area contributed by atoms with E-state index in [4.69, 9.17) is 4.84 Å². The summed E-state index contributed by atoms with van der Waals surface area (Å²) in [4.78, 5) is 29.5. The summed E-state index contributed by atoms with van der Waals surface area (Å²) in [5.74, 6) is -0.350. The van der Waals surface area contributed by atoms with E-state index >= 15 is 0 Å². The Labute approximate surface area is 122 Å². The van der Waals surface area contributed by atoms with E-state index in [2.05, 4.69) is 10.8 Å². The lowest BCUT2D eigenvalue weighted by atomic mass is 10.1. The minimum Gasteiger partial charge on any atom is -0.348 e. The Balaban J connectivity index is 1.83. The lowest BCUT2D eigenvalue weighted by molar-refractivity contribution is -0.138. The molecule has 6 heteroatoms. The maximum atomic E-state index is 11.9. The molecule has 0 saturated heterocycles. The predicted octanol–water partition coefficient (Wildman–Crippen LogP) is 2.31. The number of hydrogen-bond acceptors (Lipinski definition) is 4. The van der Waals surface area contributed by atoms with E-state index in [1.807, 2.05) is 17.5 Å². The Morgan fingerprint density at radius 3 is 2.80 bits per heavy atom. The highest BCUT2D eigenvalue weighted by Crippen LogP contribution is 2.23. The molecule has 1 atom stereocenters. The molecule has 5 nitrogen and oxygen atoms in total. The lowest BCUT2D eigenvalue weighted by Gasteiger charge is -2.17. The number of thiophene rings is 1. The lowest BCUT2D eigenvalue weighted by Crippen LogP contribution is -2.33. The molecule has 1 aliphatic rings. The first kappa shape index (κ1) is 15.0. The van der Waals surface area contributed by atoms with E-state index in [1.54, 1.807) is 0 Å². The SMILES string of the molecule is CC(=O)NC(CC(=O)NOC1CCCC1)c1cccs1. The molecule has 1 saturated carbocycles. The van der Waals surface area contributed by atoms with Crippen LogP contribution >= 0.6 is 11.3 Å². The summed E-state index contributed by atoms with van der Waals surface area (Å²) in [6.07, 6.45) is 4.64. The van der Waals surface area contributed by atoms with Gasteiger partial charge in [-0.3, -0.25) is 14.4 Å². The van der Waals surface area contributed by atoms with Crippen LogP contribution in [-0.4, -0.2) is 17.9 Å². The van der Waals surface area contributed by atoms with Crippen LogP contribution in [0.5, 0.6) is 0 Å². The molecule has 110 valence electrons. The molecule has 1 unspecified atom stereocenters. The summed E-state index contributed by atoms with van der Waals surface area (Å²) in [7, 11) is 0. The summed E-state index contributed by atoms with van der Waals surface area (Å²) in [6, 6.07) is 3.53. The second kappa shape index (κ2) is 7.40. The Kier molecular flexibility index (Phi) is 5.55. The van der Waals surface area contributed by atoms with Gasteiger partial charge in [0, 0.05) is 11.8 Å². The largest absolute Gasteiger partial charge is 0.348 e. The molecule has 2 amide bonds. The summed E-state index contributed by atoms with van der Waals surface area (Å²) >= 11 is 1.52. The first-order valence-electron chi connectivity index (χ1n) is 6.90.